The topological polar surface area (TPSA) is 52.6 Å². The number of β-amino-alcohol motifs (C(OH)–C–C–N with tert-alkyl or cyclic N) is 1. The molecule has 1 aliphatic heterocycles. The second-order valence-corrected chi connectivity index (χ2v) is 4.06. The predicted molar refractivity (Wildman–Crippen MR) is 49.8 cm³/mol. The molecule has 2 unspecified atom stereocenters. The van der Waals surface area contributed by atoms with E-state index in [9.17, 15) is 4.79 Å². The second kappa shape index (κ2) is 3.64. The van der Waals surface area contributed by atoms with Crippen LogP contribution in [0.5, 0.6) is 0 Å². The number of hydrazine groups is 1. The van der Waals surface area contributed by atoms with Gasteiger partial charge in [-0.3, -0.25) is 9.80 Å². The minimum atomic E-state index is -0.476. The van der Waals surface area contributed by atoms with Crippen LogP contribution >= 0.6 is 0 Å². The largest absolute Gasteiger partial charge is 0.392 e. The van der Waals surface area contributed by atoms with Crippen LogP contribution in [0.1, 0.15) is 33.6 Å². The molecule has 1 amide bonds. The first kappa shape index (κ1) is 10.5. The molecule has 0 bridgehead atoms. The molecule has 1 rings (SSSR count). The van der Waals surface area contributed by atoms with Gasteiger partial charge in [-0.2, -0.15) is 0 Å². The fraction of sp³-hybridized carbons (Fsp3) is 0.889. The van der Waals surface area contributed by atoms with E-state index >= 15 is 0 Å². The molecule has 76 valence electrons. The molecule has 13 heavy (non-hydrogen) atoms. The first-order chi connectivity index (χ1) is 5.97. The highest BCUT2D eigenvalue weighted by atomic mass is 16.3. The van der Waals surface area contributed by atoms with E-state index in [1.54, 1.807) is 6.92 Å². The summed E-state index contributed by atoms with van der Waals surface area (Å²) in [6.45, 7) is 6.12. The number of hydrogen-bond donors (Lipinski definition) is 2. The molecule has 2 atom stereocenters. The molecule has 1 aliphatic rings. The lowest BCUT2D eigenvalue weighted by Crippen LogP contribution is -2.46. The third kappa shape index (κ3) is 2.42. The maximum absolute atomic E-state index is 11.4. The summed E-state index contributed by atoms with van der Waals surface area (Å²) >= 11 is 0. The number of aliphatic hydroxyl groups excluding tert-OH is 1. The number of amides is 1. The molecule has 4 heteroatoms. The molecule has 0 aliphatic carbocycles. The summed E-state index contributed by atoms with van der Waals surface area (Å²) in [5.41, 5.74) is 3.00. The van der Waals surface area contributed by atoms with Gasteiger partial charge in [-0.25, -0.2) is 5.43 Å². The Balaban J connectivity index is 2.56. The average molecular weight is 186 g/mol. The summed E-state index contributed by atoms with van der Waals surface area (Å²) in [5, 5.41) is 10.7. The van der Waals surface area contributed by atoms with Gasteiger partial charge in [0, 0.05) is 12.0 Å². The Labute approximate surface area is 78.9 Å². The standard InChI is InChI=1S/C9H18N2O2/c1-4-9(3)5-8(13)11(10-9)6-7(2)12/h7,10,12H,4-6H2,1-3H3. The van der Waals surface area contributed by atoms with E-state index in [1.165, 1.54) is 5.01 Å². The van der Waals surface area contributed by atoms with Crippen LogP contribution in [0.3, 0.4) is 0 Å². The fourth-order valence-corrected chi connectivity index (χ4v) is 1.47. The minimum Gasteiger partial charge on any atom is -0.392 e. The van der Waals surface area contributed by atoms with Crippen molar-refractivity contribution in [1.29, 1.82) is 0 Å². The molecule has 0 aromatic carbocycles. The number of nitrogens with zero attached hydrogens (tertiary/aromatic N) is 1. The Bertz CT molecular complexity index is 206. The van der Waals surface area contributed by atoms with Gasteiger partial charge in [0.25, 0.3) is 0 Å². The van der Waals surface area contributed by atoms with Crippen molar-refractivity contribution in [2.75, 3.05) is 6.54 Å². The molecule has 1 saturated heterocycles. The van der Waals surface area contributed by atoms with Gasteiger partial charge in [0.15, 0.2) is 0 Å². The smallest absolute Gasteiger partial charge is 0.238 e. The molecule has 1 heterocycles. The van der Waals surface area contributed by atoms with Crippen molar-refractivity contribution >= 4 is 5.91 Å². The Morgan fingerprint density at radius 2 is 2.38 bits per heavy atom. The first-order valence-electron chi connectivity index (χ1n) is 4.73. The minimum absolute atomic E-state index is 0.0743. The lowest BCUT2D eigenvalue weighted by atomic mass is 9.97. The fourth-order valence-electron chi connectivity index (χ4n) is 1.47. The van der Waals surface area contributed by atoms with Crippen molar-refractivity contribution in [1.82, 2.24) is 10.4 Å². The monoisotopic (exact) mass is 186 g/mol. The number of nitrogens with one attached hydrogen (secondary N) is 1. The van der Waals surface area contributed by atoms with E-state index in [-0.39, 0.29) is 11.4 Å². The van der Waals surface area contributed by atoms with E-state index in [0.29, 0.717) is 13.0 Å². The second-order valence-electron chi connectivity index (χ2n) is 4.06. The molecule has 0 radical (unpaired) electrons. The van der Waals surface area contributed by atoms with E-state index in [4.69, 9.17) is 5.11 Å². The summed E-state index contributed by atoms with van der Waals surface area (Å²) in [5.74, 6) is 0.0743. The Morgan fingerprint density at radius 1 is 1.77 bits per heavy atom. The van der Waals surface area contributed by atoms with E-state index in [1.807, 2.05) is 13.8 Å². The van der Waals surface area contributed by atoms with Crippen molar-refractivity contribution in [2.45, 2.75) is 45.3 Å². The van der Waals surface area contributed by atoms with E-state index in [0.717, 1.165) is 6.42 Å². The summed E-state index contributed by atoms with van der Waals surface area (Å²) < 4.78 is 0. The zero-order valence-electron chi connectivity index (χ0n) is 8.50. The number of aliphatic hydroxyl groups is 1. The maximum atomic E-state index is 11.4. The first-order valence-corrected chi connectivity index (χ1v) is 4.73. The molecule has 4 nitrogen and oxygen atoms in total. The lowest BCUT2D eigenvalue weighted by Gasteiger charge is -2.25. The van der Waals surface area contributed by atoms with Gasteiger partial charge in [-0.05, 0) is 20.3 Å². The number of carbonyl (C=O) groups is 1. The Hall–Kier alpha value is -0.610. The molecule has 0 saturated carbocycles. The Morgan fingerprint density at radius 3 is 2.77 bits per heavy atom. The van der Waals surface area contributed by atoms with Crippen LogP contribution in [-0.2, 0) is 4.79 Å². The number of rotatable bonds is 3. The summed E-state index contributed by atoms with van der Waals surface area (Å²) in [6, 6.07) is 0. The third-order valence-electron chi connectivity index (χ3n) is 2.47. The van der Waals surface area contributed by atoms with Gasteiger partial charge < -0.3 is 5.11 Å². The van der Waals surface area contributed by atoms with Gasteiger partial charge in [0.05, 0.1) is 12.6 Å². The lowest BCUT2D eigenvalue weighted by molar-refractivity contribution is -0.130. The maximum Gasteiger partial charge on any atom is 0.238 e. The highest BCUT2D eigenvalue weighted by Gasteiger charge is 2.37. The summed E-state index contributed by atoms with van der Waals surface area (Å²) in [6.07, 6.45) is 0.960. The SMILES string of the molecule is CCC1(C)CC(=O)N(CC(C)O)N1. The van der Waals surface area contributed by atoms with Crippen molar-refractivity contribution in [2.24, 2.45) is 0 Å². The van der Waals surface area contributed by atoms with Crippen molar-refractivity contribution < 1.29 is 9.90 Å². The molecule has 0 aromatic heterocycles. The number of carbonyl (C=O) groups excluding carboxylic acids is 1. The molecule has 0 spiro atoms. The van der Waals surface area contributed by atoms with Gasteiger partial charge in [0.1, 0.15) is 0 Å². The molecular weight excluding hydrogens is 168 g/mol. The summed E-state index contributed by atoms with van der Waals surface area (Å²) in [4.78, 5) is 11.4. The Kier molecular flexibility index (Phi) is 2.93. The van der Waals surface area contributed by atoms with E-state index in [2.05, 4.69) is 5.43 Å². The average Bonchev–Trinajstić information content (AvgIpc) is 2.27. The van der Waals surface area contributed by atoms with Crippen molar-refractivity contribution in [3.8, 4) is 0 Å². The number of hydrogen-bond acceptors (Lipinski definition) is 3. The normalized spacial score (nSPS) is 31.1. The quantitative estimate of drug-likeness (QED) is 0.665. The highest BCUT2D eigenvalue weighted by Crippen LogP contribution is 2.22. The van der Waals surface area contributed by atoms with Gasteiger partial charge >= 0.3 is 0 Å². The van der Waals surface area contributed by atoms with Crippen LogP contribution in [0.4, 0.5) is 0 Å². The summed E-state index contributed by atoms with van der Waals surface area (Å²) in [7, 11) is 0. The van der Waals surface area contributed by atoms with Crippen molar-refractivity contribution in [3.05, 3.63) is 0 Å². The van der Waals surface area contributed by atoms with Crippen LogP contribution < -0.4 is 5.43 Å². The van der Waals surface area contributed by atoms with Gasteiger partial charge in [-0.15, -0.1) is 0 Å². The highest BCUT2D eigenvalue weighted by molar-refractivity contribution is 5.79. The molecular formula is C9H18N2O2. The third-order valence-corrected chi connectivity index (χ3v) is 2.47. The van der Waals surface area contributed by atoms with Crippen LogP contribution in [0.2, 0.25) is 0 Å². The molecule has 1 fully saturated rings. The zero-order chi connectivity index (χ0) is 10.1. The van der Waals surface area contributed by atoms with Crippen molar-refractivity contribution in [3.63, 3.8) is 0 Å². The van der Waals surface area contributed by atoms with Gasteiger partial charge in [-0.1, -0.05) is 6.92 Å². The van der Waals surface area contributed by atoms with Gasteiger partial charge in [0.2, 0.25) is 5.91 Å². The molecule has 2 N–H and O–H groups in total. The molecule has 0 aromatic rings. The van der Waals surface area contributed by atoms with Crippen LogP contribution in [0.25, 0.3) is 0 Å². The van der Waals surface area contributed by atoms with Crippen LogP contribution in [-0.4, -0.2) is 34.2 Å². The zero-order valence-corrected chi connectivity index (χ0v) is 8.50. The van der Waals surface area contributed by atoms with Crippen LogP contribution in [0, 0.1) is 0 Å². The van der Waals surface area contributed by atoms with Crippen LogP contribution in [0.15, 0.2) is 0 Å². The van der Waals surface area contributed by atoms with E-state index < -0.39 is 6.10 Å². The predicted octanol–water partition coefficient (Wildman–Crippen LogP) is 0.273.